The fraction of sp³-hybridized carbons (Fsp3) is 0.538. The Morgan fingerprint density at radius 3 is 2.72 bits per heavy atom. The highest BCUT2D eigenvalue weighted by Crippen LogP contribution is 2.25. The van der Waals surface area contributed by atoms with Crippen LogP contribution < -0.4 is 5.32 Å². The molecule has 1 N–H and O–H groups in total. The molecule has 0 amide bonds. The van der Waals surface area contributed by atoms with Gasteiger partial charge in [0.2, 0.25) is 0 Å². The SMILES string of the molecule is CCC1CS(=O)CC(c2cc(F)c(C)cc2F)N1. The van der Waals surface area contributed by atoms with Gasteiger partial charge in [-0.05, 0) is 31.0 Å². The summed E-state index contributed by atoms with van der Waals surface area (Å²) in [6, 6.07) is 2.16. The molecule has 0 saturated carbocycles. The number of rotatable bonds is 2. The first-order valence-electron chi connectivity index (χ1n) is 6.07. The van der Waals surface area contributed by atoms with Crippen LogP contribution in [0.2, 0.25) is 0 Å². The smallest absolute Gasteiger partial charge is 0.128 e. The van der Waals surface area contributed by atoms with E-state index < -0.39 is 22.4 Å². The molecule has 1 aromatic rings. The van der Waals surface area contributed by atoms with Crippen LogP contribution in [-0.2, 0) is 10.8 Å². The zero-order valence-corrected chi connectivity index (χ0v) is 11.3. The first kappa shape index (κ1) is 13.6. The summed E-state index contributed by atoms with van der Waals surface area (Å²) in [6.45, 7) is 3.52. The fourth-order valence-electron chi connectivity index (χ4n) is 2.20. The van der Waals surface area contributed by atoms with E-state index in [2.05, 4.69) is 5.32 Å². The second kappa shape index (κ2) is 5.45. The normalized spacial score (nSPS) is 28.3. The first-order chi connectivity index (χ1) is 8.51. The van der Waals surface area contributed by atoms with Gasteiger partial charge < -0.3 is 5.32 Å². The largest absolute Gasteiger partial charge is 0.305 e. The molecule has 1 aromatic carbocycles. The summed E-state index contributed by atoms with van der Waals surface area (Å²) in [7, 11) is -0.973. The van der Waals surface area contributed by atoms with Gasteiger partial charge in [0.25, 0.3) is 0 Å². The van der Waals surface area contributed by atoms with Crippen LogP contribution in [0.5, 0.6) is 0 Å². The Hall–Kier alpha value is -0.810. The number of aryl methyl sites for hydroxylation is 1. The van der Waals surface area contributed by atoms with E-state index in [0.29, 0.717) is 17.1 Å². The summed E-state index contributed by atoms with van der Waals surface area (Å²) in [5.74, 6) is 0.0801. The molecule has 100 valence electrons. The second-order valence-electron chi connectivity index (χ2n) is 4.72. The molecule has 2 rings (SSSR count). The van der Waals surface area contributed by atoms with E-state index in [4.69, 9.17) is 0 Å². The molecule has 1 fully saturated rings. The molecule has 0 spiro atoms. The van der Waals surface area contributed by atoms with E-state index in [-0.39, 0.29) is 17.6 Å². The van der Waals surface area contributed by atoms with Crippen LogP contribution in [0.25, 0.3) is 0 Å². The van der Waals surface area contributed by atoms with Crippen LogP contribution in [0.15, 0.2) is 12.1 Å². The van der Waals surface area contributed by atoms with Crippen molar-refractivity contribution in [3.05, 3.63) is 34.9 Å². The predicted octanol–water partition coefficient (Wildman–Crippen LogP) is 2.44. The quantitative estimate of drug-likeness (QED) is 0.896. The highest BCUT2D eigenvalue weighted by molar-refractivity contribution is 7.85. The highest BCUT2D eigenvalue weighted by Gasteiger charge is 2.28. The fourth-order valence-corrected chi connectivity index (χ4v) is 3.77. The Morgan fingerprint density at radius 1 is 1.33 bits per heavy atom. The van der Waals surface area contributed by atoms with Gasteiger partial charge in [0.05, 0.1) is 0 Å². The van der Waals surface area contributed by atoms with Crippen LogP contribution in [-0.4, -0.2) is 21.8 Å². The van der Waals surface area contributed by atoms with Crippen LogP contribution in [0.3, 0.4) is 0 Å². The van der Waals surface area contributed by atoms with Crippen LogP contribution in [0.1, 0.15) is 30.5 Å². The third-order valence-electron chi connectivity index (χ3n) is 3.32. The standard InChI is InChI=1S/C13H17F2NOS/c1-3-9-6-18(17)7-13(16-9)10-5-11(14)8(2)4-12(10)15/h4-5,9,13,16H,3,6-7H2,1-2H3. The van der Waals surface area contributed by atoms with Crippen molar-refractivity contribution in [2.75, 3.05) is 11.5 Å². The maximum atomic E-state index is 13.9. The minimum absolute atomic E-state index is 0.105. The summed E-state index contributed by atoms with van der Waals surface area (Å²) in [5.41, 5.74) is 0.574. The van der Waals surface area contributed by atoms with Gasteiger partial charge in [0.15, 0.2) is 0 Å². The first-order valence-corrected chi connectivity index (χ1v) is 7.56. The number of nitrogens with one attached hydrogen (secondary N) is 1. The van der Waals surface area contributed by atoms with Gasteiger partial charge in [0, 0.05) is 40.0 Å². The molecular formula is C13H17F2NOS. The van der Waals surface area contributed by atoms with Crippen molar-refractivity contribution >= 4 is 10.8 Å². The van der Waals surface area contributed by atoms with E-state index in [1.165, 1.54) is 19.1 Å². The zero-order chi connectivity index (χ0) is 13.3. The molecule has 1 heterocycles. The summed E-state index contributed by atoms with van der Waals surface area (Å²) < 4.78 is 39.1. The van der Waals surface area contributed by atoms with Gasteiger partial charge in [-0.2, -0.15) is 0 Å². The van der Waals surface area contributed by atoms with Crippen LogP contribution >= 0.6 is 0 Å². The lowest BCUT2D eigenvalue weighted by Gasteiger charge is -2.30. The Labute approximate surface area is 108 Å². The van der Waals surface area contributed by atoms with Crippen molar-refractivity contribution in [3.8, 4) is 0 Å². The topological polar surface area (TPSA) is 29.1 Å². The lowest BCUT2D eigenvalue weighted by molar-refractivity contribution is 0.439. The Balaban J connectivity index is 2.30. The average Bonchev–Trinajstić information content (AvgIpc) is 2.33. The summed E-state index contributed by atoms with van der Waals surface area (Å²) >= 11 is 0. The molecule has 2 nitrogen and oxygen atoms in total. The third kappa shape index (κ3) is 2.78. The van der Waals surface area contributed by atoms with Gasteiger partial charge in [-0.1, -0.05) is 6.92 Å². The zero-order valence-electron chi connectivity index (χ0n) is 10.5. The maximum Gasteiger partial charge on any atom is 0.128 e. The van der Waals surface area contributed by atoms with Gasteiger partial charge >= 0.3 is 0 Å². The van der Waals surface area contributed by atoms with E-state index in [1.807, 2.05) is 6.92 Å². The minimum Gasteiger partial charge on any atom is -0.305 e. The number of halogens is 2. The lowest BCUT2D eigenvalue weighted by Crippen LogP contribution is -2.44. The third-order valence-corrected chi connectivity index (χ3v) is 4.80. The van der Waals surface area contributed by atoms with Gasteiger partial charge in [-0.15, -0.1) is 0 Å². The Kier molecular flexibility index (Phi) is 4.12. The predicted molar refractivity (Wildman–Crippen MR) is 68.9 cm³/mol. The monoisotopic (exact) mass is 273 g/mol. The molecule has 3 unspecified atom stereocenters. The Bertz CT molecular complexity index is 478. The highest BCUT2D eigenvalue weighted by atomic mass is 32.2. The second-order valence-corrected chi connectivity index (χ2v) is 6.27. The van der Waals surface area contributed by atoms with Gasteiger partial charge in [-0.3, -0.25) is 4.21 Å². The molecule has 0 aliphatic carbocycles. The molecule has 0 bridgehead atoms. The molecule has 1 saturated heterocycles. The molecule has 3 atom stereocenters. The van der Waals surface area contributed by atoms with E-state index >= 15 is 0 Å². The average molecular weight is 273 g/mol. The molecular weight excluding hydrogens is 256 g/mol. The van der Waals surface area contributed by atoms with Crippen molar-refractivity contribution in [3.63, 3.8) is 0 Å². The van der Waals surface area contributed by atoms with Crippen molar-refractivity contribution in [1.82, 2.24) is 5.32 Å². The maximum absolute atomic E-state index is 13.9. The van der Waals surface area contributed by atoms with Crippen molar-refractivity contribution in [2.24, 2.45) is 0 Å². The summed E-state index contributed by atoms with van der Waals surface area (Å²) in [4.78, 5) is 0. The van der Waals surface area contributed by atoms with Gasteiger partial charge in [-0.25, -0.2) is 8.78 Å². The lowest BCUT2D eigenvalue weighted by atomic mass is 10.0. The number of hydrogen-bond donors (Lipinski definition) is 1. The van der Waals surface area contributed by atoms with Crippen molar-refractivity contribution in [1.29, 1.82) is 0 Å². The summed E-state index contributed by atoms with van der Waals surface area (Å²) in [5, 5.41) is 3.24. The van der Waals surface area contributed by atoms with Crippen LogP contribution in [0.4, 0.5) is 8.78 Å². The van der Waals surface area contributed by atoms with Crippen molar-refractivity contribution in [2.45, 2.75) is 32.4 Å². The molecule has 0 radical (unpaired) electrons. The van der Waals surface area contributed by atoms with E-state index in [1.54, 1.807) is 0 Å². The molecule has 0 aromatic heterocycles. The molecule has 1 aliphatic heterocycles. The minimum atomic E-state index is -0.973. The van der Waals surface area contributed by atoms with Crippen LogP contribution in [0, 0.1) is 18.6 Å². The summed E-state index contributed by atoms with van der Waals surface area (Å²) in [6.07, 6.45) is 0.832. The molecule has 5 heteroatoms. The Morgan fingerprint density at radius 2 is 2.06 bits per heavy atom. The van der Waals surface area contributed by atoms with Gasteiger partial charge in [0.1, 0.15) is 11.6 Å². The molecule has 1 aliphatic rings. The number of benzene rings is 1. The van der Waals surface area contributed by atoms with E-state index in [0.717, 1.165) is 6.42 Å². The van der Waals surface area contributed by atoms with Crippen molar-refractivity contribution < 1.29 is 13.0 Å². The number of hydrogen-bond acceptors (Lipinski definition) is 2. The molecule has 18 heavy (non-hydrogen) atoms. The van der Waals surface area contributed by atoms with E-state index in [9.17, 15) is 13.0 Å².